The van der Waals surface area contributed by atoms with Gasteiger partial charge in [-0.05, 0) is 30.5 Å². The van der Waals surface area contributed by atoms with Crippen LogP contribution in [0.3, 0.4) is 0 Å². The Bertz CT molecular complexity index is 347. The van der Waals surface area contributed by atoms with Crippen molar-refractivity contribution >= 4 is 21.8 Å². The summed E-state index contributed by atoms with van der Waals surface area (Å²) in [6, 6.07) is 8.12. The molecule has 0 heterocycles. The molecule has 0 aromatic heterocycles. The average molecular weight is 254 g/mol. The van der Waals surface area contributed by atoms with Crippen molar-refractivity contribution in [2.75, 3.05) is 0 Å². The van der Waals surface area contributed by atoms with E-state index in [0.29, 0.717) is 6.04 Å². The number of rotatable bonds is 3. The first-order valence-corrected chi connectivity index (χ1v) is 5.87. The Morgan fingerprint density at radius 2 is 2.29 bits per heavy atom. The SMILES string of the molecule is O=C(NC1CC1)c1cccc(CBr)c1. The molecule has 0 atom stereocenters. The molecule has 1 aromatic carbocycles. The van der Waals surface area contributed by atoms with Gasteiger partial charge in [-0.1, -0.05) is 28.1 Å². The second-order valence-corrected chi connectivity index (χ2v) is 4.14. The van der Waals surface area contributed by atoms with Crippen LogP contribution < -0.4 is 5.32 Å². The molecule has 1 saturated carbocycles. The predicted octanol–water partition coefficient (Wildman–Crippen LogP) is 2.47. The highest BCUT2D eigenvalue weighted by Crippen LogP contribution is 2.19. The van der Waals surface area contributed by atoms with Crippen LogP contribution in [-0.4, -0.2) is 11.9 Å². The highest BCUT2D eigenvalue weighted by molar-refractivity contribution is 9.08. The normalized spacial score (nSPS) is 15.2. The van der Waals surface area contributed by atoms with Crippen LogP contribution in [0.15, 0.2) is 24.3 Å². The van der Waals surface area contributed by atoms with E-state index in [2.05, 4.69) is 21.2 Å². The third kappa shape index (κ3) is 2.35. The third-order valence-corrected chi connectivity index (χ3v) is 2.90. The summed E-state index contributed by atoms with van der Waals surface area (Å²) in [6.07, 6.45) is 2.26. The van der Waals surface area contributed by atoms with E-state index in [9.17, 15) is 4.79 Å². The van der Waals surface area contributed by atoms with E-state index >= 15 is 0 Å². The standard InChI is InChI=1S/C11H12BrNO/c12-7-8-2-1-3-9(6-8)11(14)13-10-4-5-10/h1-3,6,10H,4-5,7H2,(H,13,14). The lowest BCUT2D eigenvalue weighted by Gasteiger charge is -2.04. The molecule has 0 spiro atoms. The van der Waals surface area contributed by atoms with Gasteiger partial charge in [-0.3, -0.25) is 4.79 Å². The molecule has 1 aromatic rings. The first-order valence-electron chi connectivity index (χ1n) is 4.75. The van der Waals surface area contributed by atoms with Gasteiger partial charge in [0, 0.05) is 16.9 Å². The highest BCUT2D eigenvalue weighted by Gasteiger charge is 2.23. The molecule has 0 unspecified atom stereocenters. The number of hydrogen-bond donors (Lipinski definition) is 1. The summed E-state index contributed by atoms with van der Waals surface area (Å²) < 4.78 is 0. The number of amides is 1. The summed E-state index contributed by atoms with van der Waals surface area (Å²) in [5.74, 6) is 0.0512. The van der Waals surface area contributed by atoms with Crippen molar-refractivity contribution in [3.8, 4) is 0 Å². The molecule has 0 saturated heterocycles. The molecule has 0 radical (unpaired) electrons. The zero-order chi connectivity index (χ0) is 9.97. The van der Waals surface area contributed by atoms with Gasteiger partial charge in [-0.25, -0.2) is 0 Å². The Labute approximate surface area is 91.8 Å². The lowest BCUT2D eigenvalue weighted by molar-refractivity contribution is 0.0951. The number of halogens is 1. The fraction of sp³-hybridized carbons (Fsp3) is 0.364. The minimum atomic E-state index is 0.0512. The van der Waals surface area contributed by atoms with E-state index < -0.39 is 0 Å². The molecule has 1 aliphatic carbocycles. The quantitative estimate of drug-likeness (QED) is 0.825. The molecule has 14 heavy (non-hydrogen) atoms. The Balaban J connectivity index is 2.09. The molecule has 1 aliphatic rings. The molecular weight excluding hydrogens is 242 g/mol. The molecule has 1 fully saturated rings. The van der Waals surface area contributed by atoms with E-state index in [4.69, 9.17) is 0 Å². The van der Waals surface area contributed by atoms with Crippen molar-refractivity contribution < 1.29 is 4.79 Å². The van der Waals surface area contributed by atoms with E-state index in [-0.39, 0.29) is 5.91 Å². The van der Waals surface area contributed by atoms with Gasteiger partial charge in [0.05, 0.1) is 0 Å². The number of benzene rings is 1. The number of carbonyl (C=O) groups excluding carboxylic acids is 1. The maximum absolute atomic E-state index is 11.6. The van der Waals surface area contributed by atoms with Crippen LogP contribution in [-0.2, 0) is 5.33 Å². The minimum Gasteiger partial charge on any atom is -0.349 e. The number of nitrogens with one attached hydrogen (secondary N) is 1. The van der Waals surface area contributed by atoms with Crippen molar-refractivity contribution in [2.45, 2.75) is 24.2 Å². The van der Waals surface area contributed by atoms with Crippen LogP contribution in [0.1, 0.15) is 28.8 Å². The van der Waals surface area contributed by atoms with Crippen molar-refractivity contribution in [1.29, 1.82) is 0 Å². The number of alkyl halides is 1. The summed E-state index contributed by atoms with van der Waals surface area (Å²) in [4.78, 5) is 11.6. The van der Waals surface area contributed by atoms with Crippen LogP contribution in [0, 0.1) is 0 Å². The fourth-order valence-corrected chi connectivity index (χ4v) is 1.64. The summed E-state index contributed by atoms with van der Waals surface area (Å²) in [5.41, 5.74) is 1.89. The van der Waals surface area contributed by atoms with Gasteiger partial charge in [0.15, 0.2) is 0 Å². The van der Waals surface area contributed by atoms with Crippen LogP contribution in [0.5, 0.6) is 0 Å². The Morgan fingerprint density at radius 3 is 2.93 bits per heavy atom. The van der Waals surface area contributed by atoms with Crippen LogP contribution >= 0.6 is 15.9 Å². The molecule has 74 valence electrons. The van der Waals surface area contributed by atoms with E-state index in [0.717, 1.165) is 29.3 Å². The van der Waals surface area contributed by atoms with Gasteiger partial charge in [0.25, 0.3) is 5.91 Å². The zero-order valence-electron chi connectivity index (χ0n) is 7.79. The average Bonchev–Trinajstić information content (AvgIpc) is 3.02. The predicted molar refractivity (Wildman–Crippen MR) is 59.6 cm³/mol. The Kier molecular flexibility index (Phi) is 2.87. The number of hydrogen-bond acceptors (Lipinski definition) is 1. The topological polar surface area (TPSA) is 29.1 Å². The van der Waals surface area contributed by atoms with Gasteiger partial charge >= 0.3 is 0 Å². The first-order chi connectivity index (χ1) is 6.79. The largest absolute Gasteiger partial charge is 0.349 e. The van der Waals surface area contributed by atoms with Crippen molar-refractivity contribution in [3.63, 3.8) is 0 Å². The monoisotopic (exact) mass is 253 g/mol. The summed E-state index contributed by atoms with van der Waals surface area (Å²) in [7, 11) is 0. The molecule has 3 heteroatoms. The summed E-state index contributed by atoms with van der Waals surface area (Å²) in [5, 5.41) is 3.76. The first kappa shape index (κ1) is 9.71. The highest BCUT2D eigenvalue weighted by atomic mass is 79.9. The van der Waals surface area contributed by atoms with Gasteiger partial charge in [-0.15, -0.1) is 0 Å². The van der Waals surface area contributed by atoms with Crippen LogP contribution in [0.2, 0.25) is 0 Å². The molecule has 1 amide bonds. The van der Waals surface area contributed by atoms with E-state index in [1.54, 1.807) is 0 Å². The minimum absolute atomic E-state index is 0.0512. The lowest BCUT2D eigenvalue weighted by Crippen LogP contribution is -2.25. The summed E-state index contributed by atoms with van der Waals surface area (Å²) in [6.45, 7) is 0. The molecule has 2 nitrogen and oxygen atoms in total. The Morgan fingerprint density at radius 1 is 1.50 bits per heavy atom. The zero-order valence-corrected chi connectivity index (χ0v) is 9.38. The smallest absolute Gasteiger partial charge is 0.251 e. The van der Waals surface area contributed by atoms with Crippen LogP contribution in [0.25, 0.3) is 0 Å². The van der Waals surface area contributed by atoms with Crippen LogP contribution in [0.4, 0.5) is 0 Å². The lowest BCUT2D eigenvalue weighted by atomic mass is 10.1. The molecular formula is C11H12BrNO. The molecule has 1 N–H and O–H groups in total. The second kappa shape index (κ2) is 4.13. The maximum Gasteiger partial charge on any atom is 0.251 e. The van der Waals surface area contributed by atoms with Crippen molar-refractivity contribution in [3.05, 3.63) is 35.4 Å². The fourth-order valence-electron chi connectivity index (χ4n) is 1.29. The van der Waals surface area contributed by atoms with Crippen molar-refractivity contribution in [1.82, 2.24) is 5.32 Å². The van der Waals surface area contributed by atoms with Crippen molar-refractivity contribution in [2.24, 2.45) is 0 Å². The van der Waals surface area contributed by atoms with Gasteiger partial charge in [0.1, 0.15) is 0 Å². The van der Waals surface area contributed by atoms with E-state index in [1.807, 2.05) is 24.3 Å². The van der Waals surface area contributed by atoms with Gasteiger partial charge in [-0.2, -0.15) is 0 Å². The second-order valence-electron chi connectivity index (χ2n) is 3.58. The third-order valence-electron chi connectivity index (χ3n) is 2.26. The van der Waals surface area contributed by atoms with Gasteiger partial charge < -0.3 is 5.32 Å². The van der Waals surface area contributed by atoms with Gasteiger partial charge in [0.2, 0.25) is 0 Å². The summed E-state index contributed by atoms with van der Waals surface area (Å²) >= 11 is 3.37. The molecule has 0 aliphatic heterocycles. The maximum atomic E-state index is 11.6. The number of carbonyl (C=O) groups is 1. The van der Waals surface area contributed by atoms with E-state index in [1.165, 1.54) is 0 Å². The Hall–Kier alpha value is -0.830. The molecule has 2 rings (SSSR count). The molecule has 0 bridgehead atoms.